The van der Waals surface area contributed by atoms with Crippen LogP contribution in [0.25, 0.3) is 10.9 Å². The van der Waals surface area contributed by atoms with Gasteiger partial charge in [0, 0.05) is 46.3 Å². The van der Waals surface area contributed by atoms with E-state index in [0.29, 0.717) is 23.2 Å². The second kappa shape index (κ2) is 7.65. The van der Waals surface area contributed by atoms with Crippen LogP contribution < -0.4 is 14.4 Å². The van der Waals surface area contributed by atoms with Gasteiger partial charge in [0.1, 0.15) is 12.1 Å². The van der Waals surface area contributed by atoms with Gasteiger partial charge in [0.15, 0.2) is 11.5 Å². The molecule has 1 atom stereocenters. The molecular formula is C18H26N4O3S. The molecular weight excluding hydrogens is 352 g/mol. The van der Waals surface area contributed by atoms with Gasteiger partial charge in [-0.25, -0.2) is 9.97 Å². The number of nitrogens with one attached hydrogen (secondary N) is 1. The zero-order valence-electron chi connectivity index (χ0n) is 15.5. The number of methoxy groups -OCH3 is 2. The number of aromatic nitrogens is 2. The van der Waals surface area contributed by atoms with Crippen molar-refractivity contribution in [1.82, 2.24) is 9.97 Å². The highest BCUT2D eigenvalue weighted by atomic mass is 32.2. The van der Waals surface area contributed by atoms with Crippen molar-refractivity contribution in [1.29, 1.82) is 4.78 Å². The monoisotopic (exact) mass is 378 g/mol. The molecule has 0 aliphatic carbocycles. The number of fused-ring (bicyclic) bond motifs is 1. The molecule has 1 fully saturated rings. The van der Waals surface area contributed by atoms with Crippen molar-refractivity contribution in [2.45, 2.75) is 19.3 Å². The van der Waals surface area contributed by atoms with Crippen LogP contribution in [0.5, 0.6) is 11.5 Å². The molecule has 0 spiro atoms. The average molecular weight is 378 g/mol. The van der Waals surface area contributed by atoms with Gasteiger partial charge in [0.2, 0.25) is 0 Å². The molecule has 142 valence electrons. The SMILES string of the molecule is COc1cc2ncnc(N3CCC(CCS(C)(=N)=O)CC3)c2cc1OC. The number of benzene rings is 1. The summed E-state index contributed by atoms with van der Waals surface area (Å²) in [4.78, 5) is 11.2. The Kier molecular flexibility index (Phi) is 5.50. The summed E-state index contributed by atoms with van der Waals surface area (Å²) in [6.07, 6.45) is 6.02. The highest BCUT2D eigenvalue weighted by Crippen LogP contribution is 2.35. The molecule has 1 saturated heterocycles. The maximum absolute atomic E-state index is 11.6. The molecule has 7 nitrogen and oxygen atoms in total. The molecule has 2 heterocycles. The topological polar surface area (TPSA) is 88.4 Å². The molecule has 1 unspecified atom stereocenters. The van der Waals surface area contributed by atoms with Crippen LogP contribution in [0.15, 0.2) is 18.5 Å². The first-order chi connectivity index (χ1) is 12.4. The lowest BCUT2D eigenvalue weighted by Gasteiger charge is -2.33. The summed E-state index contributed by atoms with van der Waals surface area (Å²) < 4.78 is 29.9. The van der Waals surface area contributed by atoms with Gasteiger partial charge in [-0.2, -0.15) is 0 Å². The van der Waals surface area contributed by atoms with Crippen molar-refractivity contribution in [3.63, 3.8) is 0 Å². The summed E-state index contributed by atoms with van der Waals surface area (Å²) in [7, 11) is 0.843. The van der Waals surface area contributed by atoms with Crippen molar-refractivity contribution in [2.75, 3.05) is 44.2 Å². The summed E-state index contributed by atoms with van der Waals surface area (Å²) in [5, 5.41) is 0.950. The van der Waals surface area contributed by atoms with E-state index < -0.39 is 9.73 Å². The first kappa shape index (κ1) is 18.7. The van der Waals surface area contributed by atoms with Crippen LogP contribution in [0.4, 0.5) is 5.82 Å². The number of piperidine rings is 1. The summed E-state index contributed by atoms with van der Waals surface area (Å²) >= 11 is 0. The van der Waals surface area contributed by atoms with Gasteiger partial charge in [0.25, 0.3) is 0 Å². The van der Waals surface area contributed by atoms with Crippen LogP contribution in [0.2, 0.25) is 0 Å². The van der Waals surface area contributed by atoms with E-state index in [0.717, 1.165) is 49.1 Å². The fraction of sp³-hybridized carbons (Fsp3) is 0.556. The molecule has 2 aromatic rings. The van der Waals surface area contributed by atoms with Gasteiger partial charge in [-0.3, -0.25) is 8.99 Å². The number of rotatable bonds is 6. The average Bonchev–Trinajstić information content (AvgIpc) is 2.64. The number of nitrogens with zero attached hydrogens (tertiary/aromatic N) is 3. The second-order valence-corrected chi connectivity index (χ2v) is 9.27. The third-order valence-electron chi connectivity index (χ3n) is 4.95. The van der Waals surface area contributed by atoms with E-state index in [1.807, 2.05) is 12.1 Å². The lowest BCUT2D eigenvalue weighted by molar-refractivity contribution is 0.355. The molecule has 1 aliphatic heterocycles. The fourth-order valence-corrected chi connectivity index (χ4v) is 4.23. The van der Waals surface area contributed by atoms with Crippen LogP contribution >= 0.6 is 0 Å². The first-order valence-electron chi connectivity index (χ1n) is 8.74. The molecule has 1 N–H and O–H groups in total. The van der Waals surface area contributed by atoms with Crippen molar-refractivity contribution in [3.05, 3.63) is 18.5 Å². The summed E-state index contributed by atoms with van der Waals surface area (Å²) in [6.45, 7) is 1.79. The Morgan fingerprint density at radius 2 is 1.85 bits per heavy atom. The lowest BCUT2D eigenvalue weighted by atomic mass is 9.94. The van der Waals surface area contributed by atoms with Gasteiger partial charge in [-0.1, -0.05) is 0 Å². The Labute approximate surface area is 154 Å². The quantitative estimate of drug-likeness (QED) is 0.831. The molecule has 0 radical (unpaired) electrons. The highest BCUT2D eigenvalue weighted by Gasteiger charge is 2.23. The van der Waals surface area contributed by atoms with E-state index in [2.05, 4.69) is 14.9 Å². The predicted octanol–water partition coefficient (Wildman–Crippen LogP) is 2.93. The zero-order chi connectivity index (χ0) is 18.7. The van der Waals surface area contributed by atoms with Gasteiger partial charge in [0.05, 0.1) is 19.7 Å². The summed E-state index contributed by atoms with van der Waals surface area (Å²) in [5.41, 5.74) is 0.828. The highest BCUT2D eigenvalue weighted by molar-refractivity contribution is 7.91. The Bertz CT molecular complexity index is 877. The molecule has 1 aliphatic rings. The van der Waals surface area contributed by atoms with Gasteiger partial charge < -0.3 is 14.4 Å². The van der Waals surface area contributed by atoms with Crippen LogP contribution in [0, 0.1) is 10.7 Å². The molecule has 8 heteroatoms. The number of ether oxygens (including phenoxy) is 2. The maximum atomic E-state index is 11.6. The van der Waals surface area contributed by atoms with E-state index in [-0.39, 0.29) is 0 Å². The molecule has 0 amide bonds. The third kappa shape index (κ3) is 4.17. The van der Waals surface area contributed by atoms with E-state index in [9.17, 15) is 4.21 Å². The Morgan fingerprint density at radius 3 is 2.46 bits per heavy atom. The van der Waals surface area contributed by atoms with E-state index in [1.165, 1.54) is 6.26 Å². The number of hydrogen-bond donors (Lipinski definition) is 1. The standard InChI is InChI=1S/C18H26N4O3S/c1-24-16-10-14-15(11-17(16)25-2)20-12-21-18(14)22-7-4-13(5-8-22)6-9-26(3,19)23/h10-13,19H,4-9H2,1-3H3. The fourth-order valence-electron chi connectivity index (χ4n) is 3.45. The van der Waals surface area contributed by atoms with Crippen LogP contribution in [0.1, 0.15) is 19.3 Å². The number of hydrogen-bond acceptors (Lipinski definition) is 7. The molecule has 1 aromatic heterocycles. The molecule has 0 saturated carbocycles. The summed E-state index contributed by atoms with van der Waals surface area (Å²) in [6, 6.07) is 3.81. The maximum Gasteiger partial charge on any atom is 0.162 e. The minimum absolute atomic E-state index is 0.491. The Hall–Kier alpha value is -2.09. The van der Waals surface area contributed by atoms with Crippen LogP contribution in [0.3, 0.4) is 0 Å². The second-order valence-electron chi connectivity index (χ2n) is 6.85. The van der Waals surface area contributed by atoms with Crippen LogP contribution in [-0.4, -0.2) is 53.5 Å². The molecule has 26 heavy (non-hydrogen) atoms. The number of anilines is 1. The Morgan fingerprint density at radius 1 is 1.19 bits per heavy atom. The minimum atomic E-state index is -2.39. The third-order valence-corrected chi connectivity index (χ3v) is 5.96. The lowest BCUT2D eigenvalue weighted by Crippen LogP contribution is -2.34. The van der Waals surface area contributed by atoms with Crippen LogP contribution in [-0.2, 0) is 9.73 Å². The summed E-state index contributed by atoms with van der Waals surface area (Å²) in [5.74, 6) is 3.25. The largest absolute Gasteiger partial charge is 0.493 e. The van der Waals surface area contributed by atoms with Crippen molar-refractivity contribution < 1.29 is 13.7 Å². The van der Waals surface area contributed by atoms with E-state index in [1.54, 1.807) is 20.5 Å². The van der Waals surface area contributed by atoms with Gasteiger partial charge in [-0.05, 0) is 31.2 Å². The van der Waals surface area contributed by atoms with E-state index in [4.69, 9.17) is 14.3 Å². The molecule has 1 aromatic carbocycles. The van der Waals surface area contributed by atoms with Crippen molar-refractivity contribution in [2.24, 2.45) is 5.92 Å². The molecule has 3 rings (SSSR count). The normalized spacial score (nSPS) is 17.9. The van der Waals surface area contributed by atoms with E-state index >= 15 is 0 Å². The van der Waals surface area contributed by atoms with Gasteiger partial charge in [-0.15, -0.1) is 0 Å². The van der Waals surface area contributed by atoms with Crippen molar-refractivity contribution >= 4 is 26.4 Å². The smallest absolute Gasteiger partial charge is 0.162 e. The van der Waals surface area contributed by atoms with Gasteiger partial charge >= 0.3 is 0 Å². The molecule has 0 bridgehead atoms. The van der Waals surface area contributed by atoms with Crippen molar-refractivity contribution in [3.8, 4) is 11.5 Å². The Balaban J connectivity index is 1.79. The first-order valence-corrected chi connectivity index (χ1v) is 10.9. The predicted molar refractivity (Wildman–Crippen MR) is 104 cm³/mol. The zero-order valence-corrected chi connectivity index (χ0v) is 16.3. The minimum Gasteiger partial charge on any atom is -0.493 e.